The van der Waals surface area contributed by atoms with Gasteiger partial charge in [-0.05, 0) is 30.9 Å². The molecule has 90 valence electrons. The average Bonchev–Trinajstić information content (AvgIpc) is 2.92. The number of aldehydes is 1. The molecule has 0 radical (unpaired) electrons. The Hall–Kier alpha value is -1.35. The van der Waals surface area contributed by atoms with Crippen molar-refractivity contribution in [2.45, 2.75) is 18.9 Å². The van der Waals surface area contributed by atoms with E-state index in [-0.39, 0.29) is 6.10 Å². The van der Waals surface area contributed by atoms with E-state index in [4.69, 9.17) is 0 Å². The van der Waals surface area contributed by atoms with Crippen molar-refractivity contribution in [3.8, 4) is 0 Å². The van der Waals surface area contributed by atoms with E-state index in [1.165, 1.54) is 0 Å². The maximum atomic E-state index is 11.0. The second-order valence-electron chi connectivity index (χ2n) is 5.15. The average molecular weight is 231 g/mol. The predicted molar refractivity (Wildman–Crippen MR) is 66.3 cm³/mol. The largest absolute Gasteiger partial charge is 0.393 e. The molecular weight excluding hydrogens is 214 g/mol. The Balaban J connectivity index is 1.85. The van der Waals surface area contributed by atoms with E-state index in [1.807, 2.05) is 24.3 Å². The van der Waals surface area contributed by atoms with Crippen molar-refractivity contribution in [2.75, 3.05) is 18.0 Å². The number of carbonyl (C=O) groups excluding carboxylic acids is 1. The second-order valence-corrected chi connectivity index (χ2v) is 5.15. The summed E-state index contributed by atoms with van der Waals surface area (Å²) in [6.45, 7) is 1.86. The van der Waals surface area contributed by atoms with Crippen LogP contribution in [0.4, 0.5) is 5.69 Å². The Morgan fingerprint density at radius 3 is 2.82 bits per heavy atom. The van der Waals surface area contributed by atoms with Gasteiger partial charge in [-0.15, -0.1) is 0 Å². The van der Waals surface area contributed by atoms with Crippen molar-refractivity contribution in [2.24, 2.45) is 11.8 Å². The van der Waals surface area contributed by atoms with Crippen LogP contribution in [-0.2, 0) is 0 Å². The number of fused-ring (bicyclic) bond motifs is 1. The molecule has 0 amide bonds. The van der Waals surface area contributed by atoms with Crippen LogP contribution in [0.1, 0.15) is 23.2 Å². The van der Waals surface area contributed by atoms with Crippen LogP contribution < -0.4 is 4.90 Å². The van der Waals surface area contributed by atoms with Crippen molar-refractivity contribution < 1.29 is 9.90 Å². The van der Waals surface area contributed by atoms with Crippen LogP contribution in [0.25, 0.3) is 0 Å². The number of anilines is 1. The Morgan fingerprint density at radius 2 is 2.06 bits per heavy atom. The van der Waals surface area contributed by atoms with Crippen LogP contribution >= 0.6 is 0 Å². The molecule has 0 spiro atoms. The highest BCUT2D eigenvalue weighted by atomic mass is 16.3. The van der Waals surface area contributed by atoms with Gasteiger partial charge in [-0.3, -0.25) is 4.79 Å². The van der Waals surface area contributed by atoms with Gasteiger partial charge in [0, 0.05) is 30.3 Å². The summed E-state index contributed by atoms with van der Waals surface area (Å²) >= 11 is 0. The SMILES string of the molecule is O=Cc1ccccc1N1CC2CCC(O)C2C1. The van der Waals surface area contributed by atoms with Gasteiger partial charge in [0.15, 0.2) is 6.29 Å². The number of nitrogens with zero attached hydrogens (tertiary/aromatic N) is 1. The molecule has 2 aliphatic rings. The van der Waals surface area contributed by atoms with Crippen molar-refractivity contribution in [1.82, 2.24) is 0 Å². The lowest BCUT2D eigenvalue weighted by atomic mass is 10.00. The maximum absolute atomic E-state index is 11.0. The number of para-hydroxylation sites is 1. The van der Waals surface area contributed by atoms with Gasteiger partial charge in [-0.2, -0.15) is 0 Å². The van der Waals surface area contributed by atoms with Gasteiger partial charge in [-0.1, -0.05) is 12.1 Å². The van der Waals surface area contributed by atoms with Crippen LogP contribution in [0.2, 0.25) is 0 Å². The lowest BCUT2D eigenvalue weighted by molar-refractivity contribution is 0.112. The van der Waals surface area contributed by atoms with E-state index >= 15 is 0 Å². The molecule has 1 aliphatic heterocycles. The Labute approximate surface area is 101 Å². The van der Waals surface area contributed by atoms with E-state index < -0.39 is 0 Å². The summed E-state index contributed by atoms with van der Waals surface area (Å²) in [6, 6.07) is 7.70. The third-order valence-corrected chi connectivity index (χ3v) is 4.22. The summed E-state index contributed by atoms with van der Waals surface area (Å²) in [5, 5.41) is 9.89. The van der Waals surface area contributed by atoms with Gasteiger partial charge < -0.3 is 10.0 Å². The lowest BCUT2D eigenvalue weighted by Gasteiger charge is -2.21. The van der Waals surface area contributed by atoms with E-state index in [2.05, 4.69) is 4.90 Å². The molecule has 2 fully saturated rings. The fourth-order valence-electron chi connectivity index (χ4n) is 3.31. The third-order valence-electron chi connectivity index (χ3n) is 4.22. The molecule has 17 heavy (non-hydrogen) atoms. The van der Waals surface area contributed by atoms with E-state index in [1.54, 1.807) is 0 Å². The van der Waals surface area contributed by atoms with Crippen molar-refractivity contribution in [1.29, 1.82) is 0 Å². The van der Waals surface area contributed by atoms with Gasteiger partial charge in [0.25, 0.3) is 0 Å². The number of aliphatic hydroxyl groups is 1. The van der Waals surface area contributed by atoms with E-state index in [9.17, 15) is 9.90 Å². The first-order chi connectivity index (χ1) is 8.29. The van der Waals surface area contributed by atoms with Gasteiger partial charge in [0.1, 0.15) is 0 Å². The second kappa shape index (κ2) is 4.15. The summed E-state index contributed by atoms with van der Waals surface area (Å²) in [5.41, 5.74) is 1.77. The highest BCUT2D eigenvalue weighted by Crippen LogP contribution is 2.40. The molecule has 3 rings (SSSR count). The number of rotatable bonds is 2. The first-order valence-corrected chi connectivity index (χ1v) is 6.27. The molecule has 1 aliphatic carbocycles. The van der Waals surface area contributed by atoms with E-state index in [0.717, 1.165) is 43.5 Å². The monoisotopic (exact) mass is 231 g/mol. The minimum Gasteiger partial charge on any atom is -0.393 e. The number of benzene rings is 1. The molecule has 1 saturated carbocycles. The van der Waals surface area contributed by atoms with Crippen molar-refractivity contribution >= 4 is 12.0 Å². The quantitative estimate of drug-likeness (QED) is 0.788. The molecule has 1 saturated heterocycles. The zero-order chi connectivity index (χ0) is 11.8. The van der Waals surface area contributed by atoms with Crippen LogP contribution in [0.5, 0.6) is 0 Å². The van der Waals surface area contributed by atoms with Crippen LogP contribution in [0, 0.1) is 11.8 Å². The first kappa shape index (κ1) is 10.8. The number of carbonyl (C=O) groups is 1. The summed E-state index contributed by atoms with van der Waals surface area (Å²) in [4.78, 5) is 13.3. The Bertz CT molecular complexity index is 432. The lowest BCUT2D eigenvalue weighted by Crippen LogP contribution is -2.25. The molecular formula is C14H17NO2. The molecule has 1 heterocycles. The normalized spacial score (nSPS) is 31.6. The van der Waals surface area contributed by atoms with Crippen LogP contribution in [-0.4, -0.2) is 30.6 Å². The molecule has 0 aromatic heterocycles. The summed E-state index contributed by atoms with van der Waals surface area (Å²) in [6.07, 6.45) is 2.83. The van der Waals surface area contributed by atoms with Gasteiger partial charge in [-0.25, -0.2) is 0 Å². The van der Waals surface area contributed by atoms with Crippen molar-refractivity contribution in [3.05, 3.63) is 29.8 Å². The minimum atomic E-state index is -0.145. The molecule has 0 bridgehead atoms. The maximum Gasteiger partial charge on any atom is 0.152 e. The fraction of sp³-hybridized carbons (Fsp3) is 0.500. The number of aliphatic hydroxyl groups excluding tert-OH is 1. The highest BCUT2D eigenvalue weighted by Gasteiger charge is 2.42. The standard InChI is InChI=1S/C14H17NO2/c16-9-11-3-1-2-4-13(11)15-7-10-5-6-14(17)12(10)8-15/h1-4,9-10,12,14,17H,5-8H2. The number of hydrogen-bond donors (Lipinski definition) is 1. The summed E-state index contributed by atoms with van der Waals surface area (Å²) < 4.78 is 0. The molecule has 1 aromatic carbocycles. The van der Waals surface area contributed by atoms with Gasteiger partial charge >= 0.3 is 0 Å². The third kappa shape index (κ3) is 1.75. The van der Waals surface area contributed by atoms with Gasteiger partial charge in [0.2, 0.25) is 0 Å². The topological polar surface area (TPSA) is 40.5 Å². The first-order valence-electron chi connectivity index (χ1n) is 6.27. The highest BCUT2D eigenvalue weighted by molar-refractivity contribution is 5.84. The molecule has 1 aromatic rings. The predicted octanol–water partition coefficient (Wildman–Crippen LogP) is 1.71. The summed E-state index contributed by atoms with van der Waals surface area (Å²) in [5.74, 6) is 0.999. The smallest absolute Gasteiger partial charge is 0.152 e. The molecule has 3 nitrogen and oxygen atoms in total. The zero-order valence-electron chi connectivity index (χ0n) is 9.75. The van der Waals surface area contributed by atoms with E-state index in [0.29, 0.717) is 11.8 Å². The Kier molecular flexibility index (Phi) is 2.63. The molecule has 3 atom stereocenters. The molecule has 3 unspecified atom stereocenters. The zero-order valence-corrected chi connectivity index (χ0v) is 9.75. The molecule has 3 heteroatoms. The Morgan fingerprint density at radius 1 is 1.24 bits per heavy atom. The van der Waals surface area contributed by atoms with Crippen LogP contribution in [0.3, 0.4) is 0 Å². The fourth-order valence-corrected chi connectivity index (χ4v) is 3.31. The summed E-state index contributed by atoms with van der Waals surface area (Å²) in [7, 11) is 0. The van der Waals surface area contributed by atoms with Crippen LogP contribution in [0.15, 0.2) is 24.3 Å². The van der Waals surface area contributed by atoms with Crippen molar-refractivity contribution in [3.63, 3.8) is 0 Å². The van der Waals surface area contributed by atoms with Gasteiger partial charge in [0.05, 0.1) is 6.10 Å². The molecule has 1 N–H and O–H groups in total. The number of hydrogen-bond acceptors (Lipinski definition) is 3. The minimum absolute atomic E-state index is 0.145.